The van der Waals surface area contributed by atoms with Crippen molar-refractivity contribution in [2.24, 2.45) is 7.05 Å². The summed E-state index contributed by atoms with van der Waals surface area (Å²) in [5, 5.41) is 4.04. The third kappa shape index (κ3) is 3.78. The van der Waals surface area contributed by atoms with Gasteiger partial charge in [0, 0.05) is 7.05 Å². The lowest BCUT2D eigenvalue weighted by molar-refractivity contribution is -0.274. The molecule has 0 saturated carbocycles. The molecule has 0 atom stereocenters. The number of nitrogens with zero attached hydrogens (tertiary/aromatic N) is 3. The van der Waals surface area contributed by atoms with Crippen LogP contribution in [0.4, 0.5) is 18.9 Å². The van der Waals surface area contributed by atoms with Crippen LogP contribution in [0.1, 0.15) is 11.3 Å². The maximum Gasteiger partial charge on any atom is 0.573 e. The fourth-order valence-electron chi connectivity index (χ4n) is 1.99. The lowest BCUT2D eigenvalue weighted by atomic mass is 10.2. The summed E-state index contributed by atoms with van der Waals surface area (Å²) in [4.78, 5) is 12.6. The van der Waals surface area contributed by atoms with Crippen molar-refractivity contribution in [1.82, 2.24) is 9.78 Å². The molecule has 0 aliphatic carbocycles. The van der Waals surface area contributed by atoms with E-state index in [1.807, 2.05) is 0 Å². The monoisotopic (exact) mass is 313 g/mol. The second-order valence-corrected chi connectivity index (χ2v) is 4.67. The fraction of sp³-hybridized carbons (Fsp3) is 0.286. The Hall–Kier alpha value is -2.51. The molecule has 0 N–H and O–H groups in total. The number of alkyl halides is 3. The first-order valence-corrected chi connectivity index (χ1v) is 6.35. The Morgan fingerprint density at radius 2 is 2.14 bits per heavy atom. The normalized spacial score (nSPS) is 11.3. The Morgan fingerprint density at radius 1 is 1.41 bits per heavy atom. The molecule has 1 aromatic carbocycles. The number of hydrogen-bond donors (Lipinski definition) is 0. The standard InChI is InChI=1S/C14H14F3N3O2/c1-10-13(7-18-19(10)2)20(9-21)8-11-4-3-5-12(6-11)22-14(15,16)17/h3-7,9H,8H2,1-2H3. The summed E-state index contributed by atoms with van der Waals surface area (Å²) < 4.78 is 42.1. The van der Waals surface area contributed by atoms with Crippen LogP contribution in [0.2, 0.25) is 0 Å². The molecule has 5 nitrogen and oxygen atoms in total. The third-order valence-corrected chi connectivity index (χ3v) is 3.13. The number of amides is 1. The molecule has 22 heavy (non-hydrogen) atoms. The first-order chi connectivity index (χ1) is 10.3. The molecule has 0 unspecified atom stereocenters. The molecular formula is C14H14F3N3O2. The number of carbonyl (C=O) groups excluding carboxylic acids is 1. The topological polar surface area (TPSA) is 47.4 Å². The van der Waals surface area contributed by atoms with E-state index >= 15 is 0 Å². The average molecular weight is 313 g/mol. The van der Waals surface area contributed by atoms with E-state index in [9.17, 15) is 18.0 Å². The maximum absolute atomic E-state index is 12.2. The van der Waals surface area contributed by atoms with Gasteiger partial charge in [0.2, 0.25) is 6.41 Å². The van der Waals surface area contributed by atoms with E-state index in [0.29, 0.717) is 17.7 Å². The van der Waals surface area contributed by atoms with Crippen LogP contribution in [0.15, 0.2) is 30.5 Å². The molecular weight excluding hydrogens is 299 g/mol. The SMILES string of the molecule is Cc1c(N(C=O)Cc2cccc(OC(F)(F)F)c2)cnn1C. The van der Waals surface area contributed by atoms with E-state index in [2.05, 4.69) is 9.84 Å². The van der Waals surface area contributed by atoms with Gasteiger partial charge in [-0.3, -0.25) is 9.48 Å². The number of anilines is 1. The molecule has 1 heterocycles. The molecule has 0 spiro atoms. The third-order valence-electron chi connectivity index (χ3n) is 3.13. The molecule has 1 aromatic heterocycles. The van der Waals surface area contributed by atoms with Gasteiger partial charge in [-0.25, -0.2) is 0 Å². The summed E-state index contributed by atoms with van der Waals surface area (Å²) in [5.41, 5.74) is 1.88. The van der Waals surface area contributed by atoms with Crippen LogP contribution in [0.5, 0.6) is 5.75 Å². The molecule has 0 aliphatic heterocycles. The van der Waals surface area contributed by atoms with E-state index in [1.54, 1.807) is 24.7 Å². The molecule has 118 valence electrons. The van der Waals surface area contributed by atoms with E-state index in [1.165, 1.54) is 29.3 Å². The average Bonchev–Trinajstić information content (AvgIpc) is 2.75. The van der Waals surface area contributed by atoms with E-state index in [-0.39, 0.29) is 12.3 Å². The van der Waals surface area contributed by atoms with Crippen molar-refractivity contribution in [2.45, 2.75) is 19.8 Å². The quantitative estimate of drug-likeness (QED) is 0.798. The van der Waals surface area contributed by atoms with Crippen LogP contribution in [0.3, 0.4) is 0 Å². The summed E-state index contributed by atoms with van der Waals surface area (Å²) in [5.74, 6) is -0.321. The predicted octanol–water partition coefficient (Wildman–Crippen LogP) is 2.79. The molecule has 0 aliphatic rings. The zero-order valence-electron chi connectivity index (χ0n) is 12.0. The van der Waals surface area contributed by atoms with Crippen LogP contribution in [0.25, 0.3) is 0 Å². The maximum atomic E-state index is 12.2. The first kappa shape index (κ1) is 15.9. The predicted molar refractivity (Wildman–Crippen MR) is 73.3 cm³/mol. The van der Waals surface area contributed by atoms with Crippen molar-refractivity contribution in [2.75, 3.05) is 4.90 Å². The number of halogens is 3. The van der Waals surface area contributed by atoms with Gasteiger partial charge in [-0.1, -0.05) is 12.1 Å². The van der Waals surface area contributed by atoms with Gasteiger partial charge in [0.25, 0.3) is 0 Å². The molecule has 8 heteroatoms. The van der Waals surface area contributed by atoms with Gasteiger partial charge in [0.15, 0.2) is 0 Å². The molecule has 1 amide bonds. The molecule has 2 rings (SSSR count). The van der Waals surface area contributed by atoms with E-state index < -0.39 is 6.36 Å². The smallest absolute Gasteiger partial charge is 0.406 e. The zero-order valence-corrected chi connectivity index (χ0v) is 12.0. The zero-order chi connectivity index (χ0) is 16.3. The van der Waals surface area contributed by atoms with Crippen LogP contribution in [-0.2, 0) is 18.4 Å². The largest absolute Gasteiger partial charge is 0.573 e. The second-order valence-electron chi connectivity index (χ2n) is 4.67. The van der Waals surface area contributed by atoms with Crippen molar-refractivity contribution in [3.05, 3.63) is 41.7 Å². The highest BCUT2D eigenvalue weighted by Crippen LogP contribution is 2.25. The second kappa shape index (κ2) is 6.08. The first-order valence-electron chi connectivity index (χ1n) is 6.35. The highest BCUT2D eigenvalue weighted by atomic mass is 19.4. The number of carbonyl (C=O) groups is 1. The van der Waals surface area contributed by atoms with Crippen LogP contribution >= 0.6 is 0 Å². The van der Waals surface area contributed by atoms with Gasteiger partial charge in [0.1, 0.15) is 5.75 Å². The number of rotatable bonds is 5. The van der Waals surface area contributed by atoms with Gasteiger partial charge in [-0.2, -0.15) is 5.10 Å². The Balaban J connectivity index is 2.20. The van der Waals surface area contributed by atoms with Crippen molar-refractivity contribution in [3.8, 4) is 5.75 Å². The molecule has 2 aromatic rings. The van der Waals surface area contributed by atoms with Crippen LogP contribution < -0.4 is 9.64 Å². The summed E-state index contributed by atoms with van der Waals surface area (Å²) in [6.07, 6.45) is -2.61. The summed E-state index contributed by atoms with van der Waals surface area (Å²) >= 11 is 0. The minimum absolute atomic E-state index is 0.116. The van der Waals surface area contributed by atoms with Gasteiger partial charge >= 0.3 is 6.36 Å². The van der Waals surface area contributed by atoms with Gasteiger partial charge in [-0.05, 0) is 24.6 Å². The van der Waals surface area contributed by atoms with Gasteiger partial charge < -0.3 is 9.64 Å². The van der Waals surface area contributed by atoms with Crippen molar-refractivity contribution in [1.29, 1.82) is 0 Å². The highest BCUT2D eigenvalue weighted by molar-refractivity contribution is 5.76. The van der Waals surface area contributed by atoms with E-state index in [4.69, 9.17) is 0 Å². The summed E-state index contributed by atoms with van der Waals surface area (Å²) in [6.45, 7) is 1.91. The highest BCUT2D eigenvalue weighted by Gasteiger charge is 2.31. The minimum Gasteiger partial charge on any atom is -0.406 e. The Kier molecular flexibility index (Phi) is 4.39. The number of ether oxygens (including phenoxy) is 1. The summed E-state index contributed by atoms with van der Waals surface area (Å²) in [7, 11) is 1.74. The fourth-order valence-corrected chi connectivity index (χ4v) is 1.99. The number of aromatic nitrogens is 2. The van der Waals surface area contributed by atoms with Crippen molar-refractivity contribution < 1.29 is 22.7 Å². The minimum atomic E-state index is -4.75. The number of hydrogen-bond acceptors (Lipinski definition) is 3. The lowest BCUT2D eigenvalue weighted by Gasteiger charge is -2.17. The van der Waals surface area contributed by atoms with Gasteiger partial charge in [-0.15, -0.1) is 13.2 Å². The van der Waals surface area contributed by atoms with Crippen LogP contribution in [0, 0.1) is 6.92 Å². The number of benzene rings is 1. The Bertz CT molecular complexity index is 668. The lowest BCUT2D eigenvalue weighted by Crippen LogP contribution is -2.21. The molecule has 0 fully saturated rings. The van der Waals surface area contributed by atoms with Crippen LogP contribution in [-0.4, -0.2) is 22.6 Å². The van der Waals surface area contributed by atoms with Crippen molar-refractivity contribution in [3.63, 3.8) is 0 Å². The molecule has 0 bridgehead atoms. The Labute approximate surface area is 124 Å². The van der Waals surface area contributed by atoms with E-state index in [0.717, 1.165) is 5.69 Å². The van der Waals surface area contributed by atoms with Crippen molar-refractivity contribution >= 4 is 12.1 Å². The Morgan fingerprint density at radius 3 is 2.68 bits per heavy atom. The molecule has 0 saturated heterocycles. The number of aryl methyl sites for hydroxylation is 1. The molecule has 0 radical (unpaired) electrons. The summed E-state index contributed by atoms with van der Waals surface area (Å²) in [6, 6.07) is 5.51. The van der Waals surface area contributed by atoms with Gasteiger partial charge in [0.05, 0.1) is 24.1 Å².